The predicted octanol–water partition coefficient (Wildman–Crippen LogP) is 2.52. The molecule has 1 rings (SSSR count). The fraction of sp³-hybridized carbons (Fsp3) is 0.364. The summed E-state index contributed by atoms with van der Waals surface area (Å²) >= 11 is 0. The highest BCUT2D eigenvalue weighted by Crippen LogP contribution is 2.18. The van der Waals surface area contributed by atoms with Gasteiger partial charge < -0.3 is 10.1 Å². The average Bonchev–Trinajstić information content (AvgIpc) is 2.33. The van der Waals surface area contributed by atoms with E-state index < -0.39 is 27.7 Å². The van der Waals surface area contributed by atoms with E-state index in [1.807, 2.05) is 0 Å². The number of rotatable bonds is 6. The lowest BCUT2D eigenvalue weighted by Crippen LogP contribution is -2.20. The molecule has 0 aromatic heterocycles. The van der Waals surface area contributed by atoms with Gasteiger partial charge >= 0.3 is 6.18 Å². The van der Waals surface area contributed by atoms with Crippen molar-refractivity contribution in [1.82, 2.24) is 0 Å². The number of nitrogens with one attached hydrogen (secondary N) is 1. The Morgan fingerprint density at radius 3 is 2.29 bits per heavy atom. The van der Waals surface area contributed by atoms with Crippen LogP contribution in [0.4, 0.5) is 18.9 Å². The molecule has 21 heavy (non-hydrogen) atoms. The van der Waals surface area contributed by atoms with Gasteiger partial charge in [0.1, 0.15) is 6.61 Å². The van der Waals surface area contributed by atoms with Crippen molar-refractivity contribution in [2.75, 3.05) is 18.5 Å². The molecule has 0 aliphatic rings. The fourth-order valence-corrected chi connectivity index (χ4v) is 2.05. The third kappa shape index (κ3) is 7.30. The van der Waals surface area contributed by atoms with E-state index in [9.17, 15) is 26.4 Å². The van der Waals surface area contributed by atoms with E-state index in [2.05, 4.69) is 10.1 Å². The molecule has 0 unspecified atom stereocenters. The zero-order valence-corrected chi connectivity index (χ0v) is 12.1. The lowest BCUT2D eigenvalue weighted by atomic mass is 10.3. The van der Waals surface area contributed by atoms with Crippen molar-refractivity contribution < 1.29 is 31.1 Å². The minimum Gasteiger partial charge on any atom is -0.372 e. The zero-order valence-electron chi connectivity index (χ0n) is 10.5. The van der Waals surface area contributed by atoms with E-state index in [-0.39, 0.29) is 17.9 Å². The Morgan fingerprint density at radius 1 is 1.24 bits per heavy atom. The molecule has 1 amide bonds. The Balaban J connectivity index is 2.42. The molecule has 0 atom stereocenters. The molecule has 0 heterocycles. The Kier molecular flexibility index (Phi) is 5.99. The maximum absolute atomic E-state index is 11.8. The molecule has 0 fully saturated rings. The van der Waals surface area contributed by atoms with Gasteiger partial charge in [-0.3, -0.25) is 4.79 Å². The third-order valence-corrected chi connectivity index (χ3v) is 3.53. The van der Waals surface area contributed by atoms with E-state index in [0.29, 0.717) is 5.69 Å². The summed E-state index contributed by atoms with van der Waals surface area (Å²) in [5.41, 5.74) is 0.292. The second kappa shape index (κ2) is 7.10. The van der Waals surface area contributed by atoms with Gasteiger partial charge in [0.15, 0.2) is 0 Å². The fourth-order valence-electron chi connectivity index (χ4n) is 1.28. The van der Waals surface area contributed by atoms with Crippen LogP contribution >= 0.6 is 10.7 Å². The number of ether oxygens (including phenoxy) is 1. The Hall–Kier alpha value is -1.32. The molecule has 5 nitrogen and oxygen atoms in total. The average molecular weight is 346 g/mol. The second-order valence-electron chi connectivity index (χ2n) is 3.93. The summed E-state index contributed by atoms with van der Waals surface area (Å²) in [5, 5.41) is 2.38. The summed E-state index contributed by atoms with van der Waals surface area (Å²) in [7, 11) is 1.27. The molecule has 0 spiro atoms. The second-order valence-corrected chi connectivity index (χ2v) is 6.49. The first kappa shape index (κ1) is 17.7. The van der Waals surface area contributed by atoms with Crippen LogP contribution in [-0.2, 0) is 18.6 Å². The van der Waals surface area contributed by atoms with Crippen LogP contribution in [0.1, 0.15) is 6.42 Å². The van der Waals surface area contributed by atoms with Gasteiger partial charge in [0.2, 0.25) is 5.91 Å². The summed E-state index contributed by atoms with van der Waals surface area (Å²) in [4.78, 5) is 11.3. The summed E-state index contributed by atoms with van der Waals surface area (Å²) in [6, 6.07) is 5.00. The van der Waals surface area contributed by atoms with Gasteiger partial charge in [-0.1, -0.05) is 0 Å². The van der Waals surface area contributed by atoms with Crippen molar-refractivity contribution in [2.24, 2.45) is 0 Å². The third-order valence-electron chi connectivity index (χ3n) is 2.16. The first-order chi connectivity index (χ1) is 9.58. The lowest BCUT2D eigenvalue weighted by molar-refractivity contribution is -0.174. The molecular weight excluding hydrogens is 335 g/mol. The molecule has 1 N–H and O–H groups in total. The monoisotopic (exact) mass is 345 g/mol. The normalized spacial score (nSPS) is 12.2. The number of hydrogen-bond acceptors (Lipinski definition) is 4. The quantitative estimate of drug-likeness (QED) is 0.635. The highest BCUT2D eigenvalue weighted by molar-refractivity contribution is 8.13. The number of benzene rings is 1. The van der Waals surface area contributed by atoms with Gasteiger partial charge in [-0.05, 0) is 24.3 Å². The number of carbonyl (C=O) groups excluding carboxylic acids is 1. The Labute approximate surface area is 123 Å². The predicted molar refractivity (Wildman–Crippen MR) is 69.6 cm³/mol. The van der Waals surface area contributed by atoms with Crippen LogP contribution in [0.25, 0.3) is 0 Å². The smallest absolute Gasteiger partial charge is 0.372 e. The van der Waals surface area contributed by atoms with Gasteiger partial charge in [0, 0.05) is 16.4 Å². The van der Waals surface area contributed by atoms with E-state index in [4.69, 9.17) is 10.7 Å². The molecule has 1 aromatic carbocycles. The number of alkyl halides is 3. The van der Waals surface area contributed by atoms with E-state index in [1.54, 1.807) is 0 Å². The minimum atomic E-state index is -4.43. The van der Waals surface area contributed by atoms with Crippen molar-refractivity contribution in [3.63, 3.8) is 0 Å². The molecular formula is C11H11ClF3NO4S. The van der Waals surface area contributed by atoms with Crippen LogP contribution in [-0.4, -0.2) is 33.7 Å². The highest BCUT2D eigenvalue weighted by atomic mass is 35.7. The topological polar surface area (TPSA) is 72.5 Å². The lowest BCUT2D eigenvalue weighted by Gasteiger charge is -2.08. The number of anilines is 1. The van der Waals surface area contributed by atoms with Gasteiger partial charge in [-0.2, -0.15) is 13.2 Å². The van der Waals surface area contributed by atoms with Crippen molar-refractivity contribution in [3.8, 4) is 0 Å². The number of halogens is 4. The van der Waals surface area contributed by atoms with Gasteiger partial charge in [-0.15, -0.1) is 0 Å². The first-order valence-electron chi connectivity index (χ1n) is 5.57. The molecule has 0 saturated heterocycles. The number of hydrogen-bond donors (Lipinski definition) is 1. The van der Waals surface area contributed by atoms with Gasteiger partial charge in [0.25, 0.3) is 9.05 Å². The van der Waals surface area contributed by atoms with Crippen molar-refractivity contribution >= 4 is 31.3 Å². The number of carbonyl (C=O) groups is 1. The summed E-state index contributed by atoms with van der Waals surface area (Å²) in [6.07, 6.45) is -4.69. The van der Waals surface area contributed by atoms with E-state index in [1.165, 1.54) is 24.3 Å². The summed E-state index contributed by atoms with van der Waals surface area (Å²) in [6.45, 7) is -1.79. The molecule has 0 bridgehead atoms. The first-order valence-corrected chi connectivity index (χ1v) is 7.88. The van der Waals surface area contributed by atoms with E-state index >= 15 is 0 Å². The summed E-state index contributed by atoms with van der Waals surface area (Å²) < 4.78 is 61.6. The SMILES string of the molecule is O=C(CCOCC(F)(F)F)Nc1ccc(S(=O)(=O)Cl)cc1. The summed E-state index contributed by atoms with van der Waals surface area (Å²) in [5.74, 6) is -0.557. The molecule has 0 aliphatic carbocycles. The molecule has 0 saturated carbocycles. The Bertz CT molecular complexity index is 586. The van der Waals surface area contributed by atoms with Crippen LogP contribution in [0.5, 0.6) is 0 Å². The van der Waals surface area contributed by atoms with Crippen LogP contribution in [0.3, 0.4) is 0 Å². The van der Waals surface area contributed by atoms with Gasteiger partial charge in [0.05, 0.1) is 17.9 Å². The zero-order chi connectivity index (χ0) is 16.1. The van der Waals surface area contributed by atoms with E-state index in [0.717, 1.165) is 0 Å². The highest BCUT2D eigenvalue weighted by Gasteiger charge is 2.27. The molecule has 0 aliphatic heterocycles. The standard InChI is InChI=1S/C11H11ClF3NO4S/c12-21(18,19)9-3-1-8(2-4-9)16-10(17)5-6-20-7-11(13,14)15/h1-4H,5-7H2,(H,16,17). The maximum atomic E-state index is 11.8. The van der Waals surface area contributed by atoms with Crippen LogP contribution < -0.4 is 5.32 Å². The van der Waals surface area contributed by atoms with Crippen molar-refractivity contribution in [1.29, 1.82) is 0 Å². The largest absolute Gasteiger partial charge is 0.411 e. The van der Waals surface area contributed by atoms with Crippen LogP contribution in [0.15, 0.2) is 29.2 Å². The molecule has 1 aromatic rings. The minimum absolute atomic E-state index is 0.129. The van der Waals surface area contributed by atoms with Crippen molar-refractivity contribution in [2.45, 2.75) is 17.5 Å². The van der Waals surface area contributed by atoms with Gasteiger partial charge in [-0.25, -0.2) is 8.42 Å². The number of amides is 1. The van der Waals surface area contributed by atoms with Crippen LogP contribution in [0.2, 0.25) is 0 Å². The van der Waals surface area contributed by atoms with Crippen LogP contribution in [0, 0.1) is 0 Å². The Morgan fingerprint density at radius 2 is 1.81 bits per heavy atom. The van der Waals surface area contributed by atoms with Crippen molar-refractivity contribution in [3.05, 3.63) is 24.3 Å². The maximum Gasteiger partial charge on any atom is 0.411 e. The molecule has 10 heteroatoms. The molecule has 118 valence electrons. The molecule has 0 radical (unpaired) electrons.